The van der Waals surface area contributed by atoms with Gasteiger partial charge in [-0.1, -0.05) is 21.3 Å². The Hall–Kier alpha value is -0.850. The summed E-state index contributed by atoms with van der Waals surface area (Å²) in [6.45, 7) is 31.3. The Kier molecular flexibility index (Phi) is 18.1. The Bertz CT molecular complexity index is 567. The van der Waals surface area contributed by atoms with Crippen LogP contribution in [0.25, 0.3) is 0 Å². The first-order valence-electron chi connectivity index (χ1n) is 15.4. The molecule has 0 spiro atoms. The number of alkyl carbamates (subject to hydrolysis) is 1. The number of carbonyl (C=O) groups is 1. The van der Waals surface area contributed by atoms with Crippen LogP contribution >= 0.6 is 0 Å². The largest absolute Gasteiger partial charge is 0.444 e. The average molecular weight is 541 g/mol. The third kappa shape index (κ3) is 16.3. The van der Waals surface area contributed by atoms with E-state index in [0.29, 0.717) is 6.04 Å². The number of nitrogens with zero attached hydrogens (tertiary/aromatic N) is 3. The summed E-state index contributed by atoms with van der Waals surface area (Å²) < 4.78 is 5.25. The zero-order valence-electron chi connectivity index (χ0n) is 26.6. The summed E-state index contributed by atoms with van der Waals surface area (Å²) in [7, 11) is 0. The second kappa shape index (κ2) is 18.5. The van der Waals surface area contributed by atoms with E-state index in [1.54, 1.807) is 0 Å². The minimum atomic E-state index is -0.414. The standard InChI is InChI=1S/C13H26N2O2.2C9H19N.CH4/c1-10(2)15-8-6-11(7-9-15)14-12(16)17-13(3,4)5;2*1-8(2)10-6-4-9(3)5-7-10;/h10-11H,6-9H2,1-5H3,(H,14,16);2*8-9H,4-7H2,1-3H3;1H4. The maximum Gasteiger partial charge on any atom is 0.407 e. The normalized spacial score (nSPS) is 21.3. The second-order valence-corrected chi connectivity index (χ2v) is 13.7. The van der Waals surface area contributed by atoms with Gasteiger partial charge in [0.1, 0.15) is 5.60 Å². The molecule has 3 aliphatic heterocycles. The number of amides is 1. The molecule has 3 aliphatic rings. The number of hydrogen-bond donors (Lipinski definition) is 1. The first-order valence-corrected chi connectivity index (χ1v) is 15.4. The quantitative estimate of drug-likeness (QED) is 0.406. The lowest BCUT2D eigenvalue weighted by Gasteiger charge is -2.35. The minimum absolute atomic E-state index is 0. The van der Waals surface area contributed by atoms with Crippen molar-refractivity contribution in [2.75, 3.05) is 39.3 Å². The summed E-state index contributed by atoms with van der Waals surface area (Å²) in [5.41, 5.74) is -0.414. The van der Waals surface area contributed by atoms with Gasteiger partial charge in [-0.2, -0.15) is 0 Å². The summed E-state index contributed by atoms with van der Waals surface area (Å²) >= 11 is 0. The fourth-order valence-corrected chi connectivity index (χ4v) is 5.12. The molecule has 1 amide bonds. The zero-order chi connectivity index (χ0) is 28.2. The van der Waals surface area contributed by atoms with Crippen LogP contribution in [-0.2, 0) is 4.74 Å². The van der Waals surface area contributed by atoms with Crippen molar-refractivity contribution >= 4 is 6.09 Å². The lowest BCUT2D eigenvalue weighted by Crippen LogP contribution is -2.47. The van der Waals surface area contributed by atoms with Crippen LogP contribution in [0, 0.1) is 11.8 Å². The van der Waals surface area contributed by atoms with E-state index in [1.807, 2.05) is 20.8 Å². The highest BCUT2D eigenvalue weighted by Crippen LogP contribution is 2.18. The van der Waals surface area contributed by atoms with Gasteiger partial charge in [-0.15, -0.1) is 0 Å². The van der Waals surface area contributed by atoms with E-state index >= 15 is 0 Å². The summed E-state index contributed by atoms with van der Waals surface area (Å²) in [6, 6.07) is 2.37. The molecule has 0 aromatic heterocycles. The number of nitrogens with one attached hydrogen (secondary N) is 1. The molecule has 1 N–H and O–H groups in total. The van der Waals surface area contributed by atoms with E-state index in [9.17, 15) is 4.79 Å². The first kappa shape index (κ1) is 37.1. The Morgan fingerprint density at radius 1 is 0.658 bits per heavy atom. The van der Waals surface area contributed by atoms with E-state index in [0.717, 1.165) is 49.9 Å². The second-order valence-electron chi connectivity index (χ2n) is 13.7. The van der Waals surface area contributed by atoms with E-state index in [4.69, 9.17) is 4.74 Å². The fourth-order valence-electron chi connectivity index (χ4n) is 5.12. The summed E-state index contributed by atoms with van der Waals surface area (Å²) in [5.74, 6) is 1.94. The predicted octanol–water partition coefficient (Wildman–Crippen LogP) is 7.27. The number of piperidine rings is 3. The molecule has 6 heteroatoms. The highest BCUT2D eigenvalue weighted by molar-refractivity contribution is 5.68. The maximum absolute atomic E-state index is 11.6. The van der Waals surface area contributed by atoms with Crippen LogP contribution in [0.5, 0.6) is 0 Å². The molecule has 3 heterocycles. The van der Waals surface area contributed by atoms with Gasteiger partial charge in [0.25, 0.3) is 0 Å². The minimum Gasteiger partial charge on any atom is -0.444 e. The van der Waals surface area contributed by atoms with Gasteiger partial charge in [0, 0.05) is 37.3 Å². The van der Waals surface area contributed by atoms with Gasteiger partial charge in [-0.3, -0.25) is 0 Å². The van der Waals surface area contributed by atoms with Crippen molar-refractivity contribution in [2.24, 2.45) is 11.8 Å². The third-order valence-corrected chi connectivity index (χ3v) is 8.08. The molecule has 6 nitrogen and oxygen atoms in total. The van der Waals surface area contributed by atoms with Crippen molar-refractivity contribution in [3.8, 4) is 0 Å². The van der Waals surface area contributed by atoms with Crippen LogP contribution in [0.1, 0.15) is 122 Å². The van der Waals surface area contributed by atoms with Crippen LogP contribution < -0.4 is 5.32 Å². The van der Waals surface area contributed by atoms with Crippen molar-refractivity contribution < 1.29 is 9.53 Å². The monoisotopic (exact) mass is 541 g/mol. The topological polar surface area (TPSA) is 48.1 Å². The predicted molar refractivity (Wildman–Crippen MR) is 166 cm³/mol. The van der Waals surface area contributed by atoms with E-state index in [-0.39, 0.29) is 19.6 Å². The number of carbonyl (C=O) groups excluding carboxylic acids is 1. The first-order chi connectivity index (χ1) is 17.2. The Balaban J connectivity index is 0.000000564. The molecule has 0 unspecified atom stereocenters. The van der Waals surface area contributed by atoms with Crippen LogP contribution in [0.3, 0.4) is 0 Å². The molecule has 3 rings (SSSR count). The fraction of sp³-hybridized carbons (Fsp3) is 0.969. The molecule has 0 saturated carbocycles. The molecule has 38 heavy (non-hydrogen) atoms. The number of hydrogen-bond acceptors (Lipinski definition) is 5. The average Bonchev–Trinajstić information content (AvgIpc) is 2.79. The highest BCUT2D eigenvalue weighted by Gasteiger charge is 2.24. The van der Waals surface area contributed by atoms with Crippen molar-refractivity contribution in [1.29, 1.82) is 0 Å². The summed E-state index contributed by atoms with van der Waals surface area (Å²) in [5, 5.41) is 2.95. The number of likely N-dealkylation sites (tertiary alicyclic amines) is 3. The molecule has 0 atom stereocenters. The van der Waals surface area contributed by atoms with Gasteiger partial charge in [-0.25, -0.2) is 4.79 Å². The lowest BCUT2D eigenvalue weighted by atomic mass is 9.98. The van der Waals surface area contributed by atoms with Crippen LogP contribution in [0.15, 0.2) is 0 Å². The molecular weight excluding hydrogens is 472 g/mol. The van der Waals surface area contributed by atoms with E-state index in [1.165, 1.54) is 51.9 Å². The van der Waals surface area contributed by atoms with Crippen LogP contribution in [0.4, 0.5) is 4.79 Å². The third-order valence-electron chi connectivity index (χ3n) is 8.08. The van der Waals surface area contributed by atoms with Crippen molar-refractivity contribution in [3.05, 3.63) is 0 Å². The number of ether oxygens (including phenoxy) is 1. The number of rotatable bonds is 4. The maximum atomic E-state index is 11.6. The molecule has 228 valence electrons. The van der Waals surface area contributed by atoms with Gasteiger partial charge in [0.05, 0.1) is 0 Å². The van der Waals surface area contributed by atoms with E-state index < -0.39 is 5.60 Å². The molecule has 3 fully saturated rings. The van der Waals surface area contributed by atoms with Crippen molar-refractivity contribution in [3.63, 3.8) is 0 Å². The van der Waals surface area contributed by atoms with Gasteiger partial charge in [0.15, 0.2) is 0 Å². The van der Waals surface area contributed by atoms with Crippen molar-refractivity contribution in [1.82, 2.24) is 20.0 Å². The molecule has 0 aromatic rings. The SMILES string of the molecule is C.CC(C)N1CCC(NC(=O)OC(C)(C)C)CC1.CC1CCN(C(C)C)CC1.CC1CCN(C(C)C)CC1. The van der Waals surface area contributed by atoms with Gasteiger partial charge in [-0.05, 0) is 139 Å². The van der Waals surface area contributed by atoms with Crippen molar-refractivity contribution in [2.45, 2.75) is 152 Å². The van der Waals surface area contributed by atoms with Crippen LogP contribution in [-0.4, -0.2) is 89.8 Å². The Morgan fingerprint density at radius 2 is 0.947 bits per heavy atom. The Morgan fingerprint density at radius 3 is 1.21 bits per heavy atom. The molecule has 0 aliphatic carbocycles. The van der Waals surface area contributed by atoms with Gasteiger partial charge >= 0.3 is 6.09 Å². The zero-order valence-corrected chi connectivity index (χ0v) is 26.6. The summed E-state index contributed by atoms with van der Waals surface area (Å²) in [6.07, 6.45) is 7.34. The molecule has 0 bridgehead atoms. The highest BCUT2D eigenvalue weighted by atomic mass is 16.6. The smallest absolute Gasteiger partial charge is 0.407 e. The van der Waals surface area contributed by atoms with Crippen LogP contribution in [0.2, 0.25) is 0 Å². The molecule has 0 aromatic carbocycles. The lowest BCUT2D eigenvalue weighted by molar-refractivity contribution is 0.0473. The summed E-state index contributed by atoms with van der Waals surface area (Å²) in [4.78, 5) is 19.2. The Labute approximate surface area is 238 Å². The molecule has 0 radical (unpaired) electrons. The van der Waals surface area contributed by atoms with Gasteiger partial charge in [0.2, 0.25) is 0 Å². The molecule has 3 saturated heterocycles. The molecular formula is C32H68N4O2. The van der Waals surface area contributed by atoms with E-state index in [2.05, 4.69) is 75.4 Å². The van der Waals surface area contributed by atoms with Gasteiger partial charge < -0.3 is 24.8 Å².